The molecule has 3 rings (SSSR count). The Hall–Kier alpha value is -2.46. The molecule has 0 bridgehead atoms. The summed E-state index contributed by atoms with van der Waals surface area (Å²) in [5.41, 5.74) is 4.06. The van der Waals surface area contributed by atoms with Crippen LogP contribution >= 0.6 is 11.3 Å². The summed E-state index contributed by atoms with van der Waals surface area (Å²) in [4.78, 5) is 4.18. The molecular formula is C17H14N2OS. The highest BCUT2D eigenvalue weighted by atomic mass is 32.1. The molecule has 1 N–H and O–H groups in total. The van der Waals surface area contributed by atoms with E-state index < -0.39 is 0 Å². The maximum Gasteiger partial charge on any atom is 0.141 e. The standard InChI is InChI=1S/C17H14N2OS/c20-19-16(17-18-10-11-21-17)12-13-6-8-15(9-7-13)14-4-2-1-3-5-14/h1-11,20H,12H2. The number of benzene rings is 2. The van der Waals surface area contributed by atoms with Gasteiger partial charge >= 0.3 is 0 Å². The third-order valence-electron chi connectivity index (χ3n) is 3.23. The van der Waals surface area contributed by atoms with E-state index in [1.54, 1.807) is 6.20 Å². The molecule has 104 valence electrons. The Bertz CT molecular complexity index is 719. The van der Waals surface area contributed by atoms with Crippen LogP contribution in [0.2, 0.25) is 0 Å². The molecular weight excluding hydrogens is 280 g/mol. The van der Waals surface area contributed by atoms with Crippen LogP contribution in [0.3, 0.4) is 0 Å². The lowest BCUT2D eigenvalue weighted by Crippen LogP contribution is -2.04. The Morgan fingerprint density at radius 3 is 2.33 bits per heavy atom. The van der Waals surface area contributed by atoms with Crippen LogP contribution in [0.5, 0.6) is 0 Å². The van der Waals surface area contributed by atoms with Crippen molar-refractivity contribution < 1.29 is 5.21 Å². The average molecular weight is 294 g/mol. The van der Waals surface area contributed by atoms with Crippen LogP contribution in [0.1, 0.15) is 10.6 Å². The topological polar surface area (TPSA) is 45.5 Å². The third-order valence-corrected chi connectivity index (χ3v) is 4.05. The molecule has 0 radical (unpaired) electrons. The molecule has 3 nitrogen and oxygen atoms in total. The van der Waals surface area contributed by atoms with Gasteiger partial charge in [-0.15, -0.1) is 11.3 Å². The fraction of sp³-hybridized carbons (Fsp3) is 0.0588. The lowest BCUT2D eigenvalue weighted by atomic mass is 10.0. The van der Waals surface area contributed by atoms with Gasteiger partial charge in [0.15, 0.2) is 0 Å². The predicted octanol–water partition coefficient (Wildman–Crippen LogP) is 4.23. The normalized spacial score (nSPS) is 11.5. The molecule has 21 heavy (non-hydrogen) atoms. The Morgan fingerprint density at radius 2 is 1.71 bits per heavy atom. The third kappa shape index (κ3) is 3.17. The first-order chi connectivity index (χ1) is 10.4. The molecule has 0 fully saturated rings. The average Bonchev–Trinajstić information content (AvgIpc) is 3.08. The van der Waals surface area contributed by atoms with Gasteiger partial charge in [-0.3, -0.25) is 0 Å². The molecule has 0 amide bonds. The van der Waals surface area contributed by atoms with E-state index in [4.69, 9.17) is 5.21 Å². The highest BCUT2D eigenvalue weighted by molar-refractivity contribution is 7.11. The number of thiazole rings is 1. The number of aromatic nitrogens is 1. The van der Waals surface area contributed by atoms with Gasteiger partial charge in [0.1, 0.15) is 10.7 Å². The van der Waals surface area contributed by atoms with Crippen LogP contribution < -0.4 is 0 Å². The van der Waals surface area contributed by atoms with Gasteiger partial charge in [-0.1, -0.05) is 59.8 Å². The first kappa shape index (κ1) is 13.5. The molecule has 3 aromatic rings. The second-order valence-corrected chi connectivity index (χ2v) is 5.52. The molecule has 0 aliphatic carbocycles. The van der Waals surface area contributed by atoms with Crippen LogP contribution in [0.15, 0.2) is 71.3 Å². The number of hydrogen-bond acceptors (Lipinski definition) is 4. The fourth-order valence-corrected chi connectivity index (χ4v) is 2.78. The molecule has 0 spiro atoms. The quantitative estimate of drug-likeness (QED) is 0.444. The first-order valence-corrected chi connectivity index (χ1v) is 7.50. The molecule has 0 unspecified atom stereocenters. The van der Waals surface area contributed by atoms with Gasteiger partial charge < -0.3 is 5.21 Å². The van der Waals surface area contributed by atoms with Gasteiger partial charge in [-0.2, -0.15) is 0 Å². The predicted molar refractivity (Wildman–Crippen MR) is 86.0 cm³/mol. The molecule has 1 heterocycles. The van der Waals surface area contributed by atoms with Crippen LogP contribution in [-0.2, 0) is 6.42 Å². The summed E-state index contributed by atoms with van der Waals surface area (Å²) >= 11 is 1.47. The van der Waals surface area contributed by atoms with Crippen LogP contribution in [0.4, 0.5) is 0 Å². The Balaban J connectivity index is 1.79. The lowest BCUT2D eigenvalue weighted by molar-refractivity contribution is 0.318. The van der Waals surface area contributed by atoms with E-state index >= 15 is 0 Å². The highest BCUT2D eigenvalue weighted by Gasteiger charge is 2.08. The van der Waals surface area contributed by atoms with Gasteiger partial charge in [-0.05, 0) is 16.7 Å². The van der Waals surface area contributed by atoms with Crippen molar-refractivity contribution in [2.45, 2.75) is 6.42 Å². The molecule has 4 heteroatoms. The van der Waals surface area contributed by atoms with Crippen molar-refractivity contribution in [1.29, 1.82) is 0 Å². The van der Waals surface area contributed by atoms with E-state index in [-0.39, 0.29) is 0 Å². The van der Waals surface area contributed by atoms with Gasteiger partial charge in [0.05, 0.1) is 0 Å². The Kier molecular flexibility index (Phi) is 4.07. The zero-order chi connectivity index (χ0) is 14.5. The maximum absolute atomic E-state index is 9.15. The molecule has 0 aliphatic heterocycles. The molecule has 1 aromatic heterocycles. The SMILES string of the molecule is ON=C(Cc1ccc(-c2ccccc2)cc1)c1nccs1. The highest BCUT2D eigenvalue weighted by Crippen LogP contribution is 2.20. The van der Waals surface area contributed by atoms with Crippen LogP contribution in [-0.4, -0.2) is 15.9 Å². The summed E-state index contributed by atoms with van der Waals surface area (Å²) in [6, 6.07) is 18.5. The van der Waals surface area contributed by atoms with E-state index in [1.165, 1.54) is 22.5 Å². The second kappa shape index (κ2) is 6.33. The van der Waals surface area contributed by atoms with Crippen molar-refractivity contribution in [3.63, 3.8) is 0 Å². The maximum atomic E-state index is 9.15. The first-order valence-electron chi connectivity index (χ1n) is 6.62. The minimum Gasteiger partial charge on any atom is -0.411 e. The summed E-state index contributed by atoms with van der Waals surface area (Å²) in [6.45, 7) is 0. The number of hydrogen-bond donors (Lipinski definition) is 1. The number of nitrogens with zero attached hydrogens (tertiary/aromatic N) is 2. The summed E-state index contributed by atoms with van der Waals surface area (Å²) in [5, 5.41) is 15.1. The van der Waals surface area contributed by atoms with Gasteiger partial charge in [0.2, 0.25) is 0 Å². The number of rotatable bonds is 4. The van der Waals surface area contributed by atoms with Crippen molar-refractivity contribution in [3.8, 4) is 11.1 Å². The molecule has 0 saturated heterocycles. The summed E-state index contributed by atoms with van der Waals surface area (Å²) < 4.78 is 0. The van der Waals surface area contributed by atoms with Gasteiger partial charge in [0.25, 0.3) is 0 Å². The van der Waals surface area contributed by atoms with E-state index in [0.29, 0.717) is 12.1 Å². The second-order valence-electron chi connectivity index (χ2n) is 4.62. The number of oxime groups is 1. The van der Waals surface area contributed by atoms with Gasteiger partial charge in [-0.25, -0.2) is 4.98 Å². The van der Waals surface area contributed by atoms with Crippen LogP contribution in [0.25, 0.3) is 11.1 Å². The zero-order valence-electron chi connectivity index (χ0n) is 11.3. The summed E-state index contributed by atoms with van der Waals surface area (Å²) in [7, 11) is 0. The van der Waals surface area contributed by atoms with E-state index in [2.05, 4.69) is 46.5 Å². The minimum absolute atomic E-state index is 0.569. The lowest BCUT2D eigenvalue weighted by Gasteiger charge is -2.05. The Labute approximate surface area is 127 Å². The van der Waals surface area contributed by atoms with Crippen molar-refractivity contribution in [1.82, 2.24) is 4.98 Å². The molecule has 0 atom stereocenters. The zero-order valence-corrected chi connectivity index (χ0v) is 12.1. The van der Waals surface area contributed by atoms with Crippen molar-refractivity contribution in [2.24, 2.45) is 5.16 Å². The molecule has 2 aromatic carbocycles. The van der Waals surface area contributed by atoms with Crippen molar-refractivity contribution >= 4 is 17.0 Å². The van der Waals surface area contributed by atoms with Crippen LogP contribution in [0, 0.1) is 0 Å². The largest absolute Gasteiger partial charge is 0.411 e. The summed E-state index contributed by atoms with van der Waals surface area (Å²) in [6.07, 6.45) is 2.28. The van der Waals surface area contributed by atoms with Crippen molar-refractivity contribution in [2.75, 3.05) is 0 Å². The minimum atomic E-state index is 0.569. The smallest absolute Gasteiger partial charge is 0.141 e. The fourth-order valence-electron chi connectivity index (χ4n) is 2.16. The Morgan fingerprint density at radius 1 is 1.00 bits per heavy atom. The van der Waals surface area contributed by atoms with E-state index in [9.17, 15) is 0 Å². The monoisotopic (exact) mass is 294 g/mol. The van der Waals surface area contributed by atoms with Crippen molar-refractivity contribution in [3.05, 3.63) is 76.7 Å². The van der Waals surface area contributed by atoms with E-state index in [1.807, 2.05) is 23.6 Å². The van der Waals surface area contributed by atoms with Gasteiger partial charge in [0, 0.05) is 18.0 Å². The molecule has 0 aliphatic rings. The summed E-state index contributed by atoms with van der Waals surface area (Å²) in [5.74, 6) is 0. The molecule has 0 saturated carbocycles. The van der Waals surface area contributed by atoms with E-state index in [0.717, 1.165) is 10.6 Å².